The molecule has 0 amide bonds. The Morgan fingerprint density at radius 1 is 1.06 bits per heavy atom. The number of allylic oxidation sites excluding steroid dienone is 1. The molecule has 35 heavy (non-hydrogen) atoms. The molecule has 8 heteroatoms. The Bertz CT molecular complexity index is 1160. The van der Waals surface area contributed by atoms with Gasteiger partial charge in [-0.05, 0) is 43.0 Å². The van der Waals surface area contributed by atoms with E-state index in [1.807, 2.05) is 49.4 Å². The molecule has 7 nitrogen and oxygen atoms in total. The zero-order valence-electron chi connectivity index (χ0n) is 20.5. The molecular formula is C27H32N4O3S. The van der Waals surface area contributed by atoms with Crippen LogP contribution in [0.1, 0.15) is 57.2 Å². The van der Waals surface area contributed by atoms with Gasteiger partial charge in [0.2, 0.25) is 11.1 Å². The first-order valence-corrected chi connectivity index (χ1v) is 13.1. The van der Waals surface area contributed by atoms with Crippen molar-refractivity contribution in [2.75, 3.05) is 18.5 Å². The predicted molar refractivity (Wildman–Crippen MR) is 139 cm³/mol. The summed E-state index contributed by atoms with van der Waals surface area (Å²) in [6.45, 7) is 7.09. The average Bonchev–Trinajstić information content (AvgIpc) is 3.29. The van der Waals surface area contributed by atoms with Crippen molar-refractivity contribution in [3.05, 3.63) is 77.0 Å². The number of nitrogens with zero attached hydrogens (tertiary/aromatic N) is 3. The van der Waals surface area contributed by atoms with Crippen molar-refractivity contribution >= 4 is 23.7 Å². The third-order valence-electron chi connectivity index (χ3n) is 5.66. The maximum atomic E-state index is 13.2. The molecule has 4 rings (SSSR count). The van der Waals surface area contributed by atoms with Gasteiger partial charge in [0.15, 0.2) is 0 Å². The van der Waals surface area contributed by atoms with Crippen molar-refractivity contribution in [1.82, 2.24) is 14.8 Å². The third kappa shape index (κ3) is 6.06. The van der Waals surface area contributed by atoms with Crippen LogP contribution < -0.4 is 10.1 Å². The van der Waals surface area contributed by atoms with Crippen molar-refractivity contribution < 1.29 is 14.3 Å². The van der Waals surface area contributed by atoms with Crippen LogP contribution >= 0.6 is 11.8 Å². The first-order valence-electron chi connectivity index (χ1n) is 12.1. The normalized spacial score (nSPS) is 14.9. The van der Waals surface area contributed by atoms with E-state index >= 15 is 0 Å². The average molecular weight is 493 g/mol. The van der Waals surface area contributed by atoms with E-state index < -0.39 is 6.04 Å². The number of hydrogen-bond acceptors (Lipinski definition) is 7. The lowest BCUT2D eigenvalue weighted by atomic mass is 9.96. The zero-order valence-corrected chi connectivity index (χ0v) is 21.3. The van der Waals surface area contributed by atoms with Gasteiger partial charge in [-0.3, -0.25) is 0 Å². The van der Waals surface area contributed by atoms with Crippen LogP contribution in [0.2, 0.25) is 0 Å². The second-order valence-corrected chi connectivity index (χ2v) is 9.35. The SMILES string of the molecule is CCCCOC(=O)C1=C(C)Nc2nc(SCc3ccccc3)nn2C1c1ccc(OCCC)cc1. The molecule has 2 heterocycles. The van der Waals surface area contributed by atoms with Crippen molar-refractivity contribution in [1.29, 1.82) is 0 Å². The van der Waals surface area contributed by atoms with Crippen LogP contribution in [-0.2, 0) is 15.3 Å². The molecule has 1 unspecified atom stereocenters. The molecule has 1 N–H and O–H groups in total. The minimum Gasteiger partial charge on any atom is -0.494 e. The summed E-state index contributed by atoms with van der Waals surface area (Å²) in [4.78, 5) is 17.9. The van der Waals surface area contributed by atoms with Crippen LogP contribution in [-0.4, -0.2) is 33.9 Å². The fraction of sp³-hybridized carbons (Fsp3) is 0.370. The first-order chi connectivity index (χ1) is 17.1. The minimum atomic E-state index is -0.445. The Morgan fingerprint density at radius 2 is 1.83 bits per heavy atom. The van der Waals surface area contributed by atoms with E-state index in [-0.39, 0.29) is 5.97 Å². The van der Waals surface area contributed by atoms with E-state index in [2.05, 4.69) is 31.3 Å². The van der Waals surface area contributed by atoms with Gasteiger partial charge in [0.05, 0.1) is 18.8 Å². The molecule has 0 bridgehead atoms. The lowest BCUT2D eigenvalue weighted by Gasteiger charge is -2.28. The maximum Gasteiger partial charge on any atom is 0.338 e. The number of ether oxygens (including phenoxy) is 2. The van der Waals surface area contributed by atoms with Gasteiger partial charge >= 0.3 is 5.97 Å². The number of hydrogen-bond donors (Lipinski definition) is 1. The Hall–Kier alpha value is -3.26. The fourth-order valence-corrected chi connectivity index (χ4v) is 4.63. The Morgan fingerprint density at radius 3 is 2.54 bits per heavy atom. The molecular weight excluding hydrogens is 460 g/mol. The van der Waals surface area contributed by atoms with Crippen LogP contribution in [0.15, 0.2) is 71.0 Å². The molecule has 0 radical (unpaired) electrons. The molecule has 1 aliphatic rings. The largest absolute Gasteiger partial charge is 0.494 e. The highest BCUT2D eigenvalue weighted by molar-refractivity contribution is 7.98. The molecule has 0 saturated heterocycles. The standard InChI is InChI=1S/C27H32N4O3S/c1-4-6-17-34-25(32)23-19(3)28-26-29-27(35-18-20-10-8-7-9-11-20)30-31(26)24(23)21-12-14-22(15-13-21)33-16-5-2/h7-15,24H,4-6,16-18H2,1-3H3,(H,28,29,30). The van der Waals surface area contributed by atoms with Gasteiger partial charge in [-0.1, -0.05) is 74.5 Å². The Labute approximate surface area is 210 Å². The molecule has 0 aliphatic carbocycles. The van der Waals surface area contributed by atoms with Gasteiger partial charge in [-0.15, -0.1) is 5.10 Å². The summed E-state index contributed by atoms with van der Waals surface area (Å²) in [5.41, 5.74) is 3.39. The van der Waals surface area contributed by atoms with Gasteiger partial charge in [-0.25, -0.2) is 9.48 Å². The smallest absolute Gasteiger partial charge is 0.338 e. The number of fused-ring (bicyclic) bond motifs is 1. The lowest BCUT2D eigenvalue weighted by molar-refractivity contribution is -0.139. The van der Waals surface area contributed by atoms with Crippen LogP contribution in [0.5, 0.6) is 5.75 Å². The third-order valence-corrected chi connectivity index (χ3v) is 6.57. The monoisotopic (exact) mass is 492 g/mol. The van der Waals surface area contributed by atoms with Crippen LogP contribution in [0.3, 0.4) is 0 Å². The highest BCUT2D eigenvalue weighted by Gasteiger charge is 2.35. The summed E-state index contributed by atoms with van der Waals surface area (Å²) >= 11 is 1.57. The summed E-state index contributed by atoms with van der Waals surface area (Å²) in [6.07, 6.45) is 2.73. The second kappa shape index (κ2) is 11.9. The molecule has 1 aliphatic heterocycles. The van der Waals surface area contributed by atoms with Gasteiger partial charge in [0.25, 0.3) is 0 Å². The summed E-state index contributed by atoms with van der Waals surface area (Å²) in [5, 5.41) is 8.71. The molecule has 0 fully saturated rings. The number of carbonyl (C=O) groups is 1. The molecule has 1 atom stereocenters. The number of nitrogens with one attached hydrogen (secondary N) is 1. The quantitative estimate of drug-likeness (QED) is 0.200. The fourth-order valence-electron chi connectivity index (χ4n) is 3.84. The summed E-state index contributed by atoms with van der Waals surface area (Å²) in [7, 11) is 0. The molecule has 0 spiro atoms. The lowest BCUT2D eigenvalue weighted by Crippen LogP contribution is -2.29. The molecule has 2 aromatic carbocycles. The molecule has 1 aromatic heterocycles. The Balaban J connectivity index is 1.64. The number of anilines is 1. The number of rotatable bonds is 11. The summed E-state index contributed by atoms with van der Waals surface area (Å²) in [5.74, 6) is 1.84. The van der Waals surface area contributed by atoms with Crippen molar-refractivity contribution in [2.45, 2.75) is 57.0 Å². The Kier molecular flexibility index (Phi) is 8.47. The van der Waals surface area contributed by atoms with E-state index in [4.69, 9.17) is 19.6 Å². The highest BCUT2D eigenvalue weighted by atomic mass is 32.2. The zero-order chi connectivity index (χ0) is 24.6. The number of thioether (sulfide) groups is 1. The number of esters is 1. The molecule has 184 valence electrons. The van der Waals surface area contributed by atoms with E-state index in [9.17, 15) is 4.79 Å². The van der Waals surface area contributed by atoms with E-state index in [0.717, 1.165) is 42.0 Å². The van der Waals surface area contributed by atoms with Gasteiger partial charge in [0, 0.05) is 11.4 Å². The van der Waals surface area contributed by atoms with Crippen molar-refractivity contribution in [3.8, 4) is 5.75 Å². The number of unbranched alkanes of at least 4 members (excludes halogenated alkanes) is 1. The summed E-state index contributed by atoms with van der Waals surface area (Å²) in [6, 6.07) is 17.6. The van der Waals surface area contributed by atoms with Gasteiger partial charge < -0.3 is 14.8 Å². The van der Waals surface area contributed by atoms with E-state index in [0.29, 0.717) is 29.9 Å². The topological polar surface area (TPSA) is 78.3 Å². The van der Waals surface area contributed by atoms with Crippen LogP contribution in [0.25, 0.3) is 0 Å². The highest BCUT2D eigenvalue weighted by Crippen LogP contribution is 2.37. The molecule has 3 aromatic rings. The first kappa shape index (κ1) is 24.9. The molecule has 0 saturated carbocycles. The van der Waals surface area contributed by atoms with E-state index in [1.54, 1.807) is 16.4 Å². The minimum absolute atomic E-state index is 0.334. The number of aromatic nitrogens is 3. The van der Waals surface area contributed by atoms with Crippen molar-refractivity contribution in [2.24, 2.45) is 0 Å². The van der Waals surface area contributed by atoms with E-state index in [1.165, 1.54) is 5.56 Å². The predicted octanol–water partition coefficient (Wildman–Crippen LogP) is 5.99. The van der Waals surface area contributed by atoms with Gasteiger partial charge in [0.1, 0.15) is 11.8 Å². The van der Waals surface area contributed by atoms with Gasteiger partial charge in [-0.2, -0.15) is 4.98 Å². The second-order valence-electron chi connectivity index (χ2n) is 8.41. The maximum absolute atomic E-state index is 13.2. The van der Waals surface area contributed by atoms with Crippen molar-refractivity contribution in [3.63, 3.8) is 0 Å². The van der Waals surface area contributed by atoms with Crippen LogP contribution in [0.4, 0.5) is 5.95 Å². The number of benzene rings is 2. The summed E-state index contributed by atoms with van der Waals surface area (Å²) < 4.78 is 13.2. The van der Waals surface area contributed by atoms with Crippen LogP contribution in [0, 0.1) is 0 Å². The number of carbonyl (C=O) groups excluding carboxylic acids is 1.